The summed E-state index contributed by atoms with van der Waals surface area (Å²) in [6.45, 7) is 6.96. The average molecular weight is 263 g/mol. The molecule has 106 valence electrons. The molecule has 0 amide bonds. The van der Waals surface area contributed by atoms with Crippen molar-refractivity contribution in [1.82, 2.24) is 5.32 Å². The summed E-state index contributed by atoms with van der Waals surface area (Å²) in [6.07, 6.45) is 4.08. The Labute approximate surface area is 116 Å². The van der Waals surface area contributed by atoms with Gasteiger partial charge in [-0.2, -0.15) is 0 Å². The fourth-order valence-corrected chi connectivity index (χ4v) is 2.31. The quantitative estimate of drug-likeness (QED) is 0.767. The molecule has 1 saturated heterocycles. The van der Waals surface area contributed by atoms with Crippen LogP contribution in [0, 0.1) is 0 Å². The summed E-state index contributed by atoms with van der Waals surface area (Å²) in [6, 6.07) is 8.33. The molecule has 3 nitrogen and oxygen atoms in total. The van der Waals surface area contributed by atoms with Crippen LogP contribution < -0.4 is 10.1 Å². The van der Waals surface area contributed by atoms with Crippen LogP contribution in [-0.4, -0.2) is 25.4 Å². The van der Waals surface area contributed by atoms with Gasteiger partial charge in [-0.1, -0.05) is 19.1 Å². The van der Waals surface area contributed by atoms with Crippen LogP contribution in [0.1, 0.15) is 38.7 Å². The van der Waals surface area contributed by atoms with Gasteiger partial charge in [-0.25, -0.2) is 0 Å². The van der Waals surface area contributed by atoms with Crippen LogP contribution >= 0.6 is 0 Å². The lowest BCUT2D eigenvalue weighted by atomic mass is 10.2. The lowest BCUT2D eigenvalue weighted by molar-refractivity contribution is 0.0264. The van der Waals surface area contributed by atoms with Crippen LogP contribution in [0.3, 0.4) is 0 Å². The van der Waals surface area contributed by atoms with Crippen molar-refractivity contribution in [3.63, 3.8) is 0 Å². The molecule has 0 bridgehead atoms. The molecule has 3 heteroatoms. The highest BCUT2D eigenvalue weighted by Crippen LogP contribution is 2.20. The molecule has 0 radical (unpaired) electrons. The summed E-state index contributed by atoms with van der Waals surface area (Å²) in [7, 11) is 0. The third-order valence-corrected chi connectivity index (χ3v) is 3.44. The van der Waals surface area contributed by atoms with Crippen LogP contribution in [0.5, 0.6) is 5.75 Å². The van der Waals surface area contributed by atoms with E-state index in [2.05, 4.69) is 31.3 Å². The van der Waals surface area contributed by atoms with Crippen LogP contribution in [0.2, 0.25) is 0 Å². The fraction of sp³-hybridized carbons (Fsp3) is 0.625. The monoisotopic (exact) mass is 263 g/mol. The number of hydrogen-bond donors (Lipinski definition) is 1. The summed E-state index contributed by atoms with van der Waals surface area (Å²) in [5, 5.41) is 3.39. The number of benzene rings is 1. The first-order valence-electron chi connectivity index (χ1n) is 7.36. The third-order valence-electron chi connectivity index (χ3n) is 3.44. The predicted octanol–water partition coefficient (Wildman–Crippen LogP) is 3.13. The Morgan fingerprint density at radius 2 is 2.05 bits per heavy atom. The molecular formula is C16H25NO2. The second-order valence-electron chi connectivity index (χ2n) is 5.28. The zero-order valence-corrected chi connectivity index (χ0v) is 12.0. The zero-order valence-electron chi connectivity index (χ0n) is 12.0. The van der Waals surface area contributed by atoms with Gasteiger partial charge in [-0.05, 0) is 50.4 Å². The average Bonchev–Trinajstić information content (AvgIpc) is 2.84. The van der Waals surface area contributed by atoms with Crippen molar-refractivity contribution >= 4 is 0 Å². The van der Waals surface area contributed by atoms with E-state index < -0.39 is 0 Å². The highest BCUT2D eigenvalue weighted by Gasteiger charge is 2.22. The van der Waals surface area contributed by atoms with Gasteiger partial charge in [0.15, 0.2) is 0 Å². The zero-order chi connectivity index (χ0) is 13.5. The maximum atomic E-state index is 5.77. The van der Waals surface area contributed by atoms with Crippen molar-refractivity contribution < 1.29 is 9.47 Å². The fourth-order valence-electron chi connectivity index (χ4n) is 2.31. The van der Waals surface area contributed by atoms with Gasteiger partial charge in [0.25, 0.3) is 0 Å². The molecule has 1 aliphatic rings. The minimum Gasteiger partial charge on any atom is -0.491 e. The normalized spacial score (nSPS) is 22.6. The van der Waals surface area contributed by atoms with E-state index in [-0.39, 0.29) is 6.10 Å². The highest BCUT2D eigenvalue weighted by atomic mass is 16.5. The Hall–Kier alpha value is -1.06. The van der Waals surface area contributed by atoms with Crippen LogP contribution in [0.25, 0.3) is 0 Å². The van der Waals surface area contributed by atoms with Gasteiger partial charge in [-0.15, -0.1) is 0 Å². The Balaban J connectivity index is 1.72. The summed E-state index contributed by atoms with van der Waals surface area (Å²) in [4.78, 5) is 0. The molecular weight excluding hydrogens is 238 g/mol. The second kappa shape index (κ2) is 7.51. The van der Waals surface area contributed by atoms with E-state index in [9.17, 15) is 0 Å². The highest BCUT2D eigenvalue weighted by molar-refractivity contribution is 5.27. The molecule has 0 aromatic heterocycles. The van der Waals surface area contributed by atoms with E-state index in [1.165, 1.54) is 12.0 Å². The van der Waals surface area contributed by atoms with Crippen LogP contribution in [0.15, 0.2) is 24.3 Å². The van der Waals surface area contributed by atoms with Crippen molar-refractivity contribution in [2.45, 2.75) is 51.9 Å². The van der Waals surface area contributed by atoms with Gasteiger partial charge in [0.2, 0.25) is 0 Å². The van der Waals surface area contributed by atoms with Crippen LogP contribution in [0.4, 0.5) is 0 Å². The smallest absolute Gasteiger partial charge is 0.119 e. The topological polar surface area (TPSA) is 30.5 Å². The largest absolute Gasteiger partial charge is 0.491 e. The molecule has 2 atom stereocenters. The molecule has 1 aromatic rings. The number of nitrogens with one attached hydrogen (secondary N) is 1. The van der Waals surface area contributed by atoms with Gasteiger partial charge < -0.3 is 14.8 Å². The van der Waals surface area contributed by atoms with E-state index in [4.69, 9.17) is 9.47 Å². The minimum atomic E-state index is 0.265. The molecule has 1 fully saturated rings. The van der Waals surface area contributed by atoms with Crippen molar-refractivity contribution in [1.29, 1.82) is 0 Å². The maximum Gasteiger partial charge on any atom is 0.119 e. The van der Waals surface area contributed by atoms with Gasteiger partial charge >= 0.3 is 0 Å². The number of ether oxygens (including phenoxy) is 2. The van der Waals surface area contributed by atoms with Gasteiger partial charge in [-0.3, -0.25) is 0 Å². The first kappa shape index (κ1) is 14.4. The SMILES string of the molecule is CCCNCc1ccc(OCC2CCC(C)O2)cc1. The van der Waals surface area contributed by atoms with E-state index in [0.29, 0.717) is 12.7 Å². The Bertz CT molecular complexity index is 364. The Morgan fingerprint density at radius 3 is 2.68 bits per heavy atom. The molecule has 0 spiro atoms. The van der Waals surface area contributed by atoms with Crippen LogP contribution in [-0.2, 0) is 11.3 Å². The summed E-state index contributed by atoms with van der Waals surface area (Å²) >= 11 is 0. The lowest BCUT2D eigenvalue weighted by Crippen LogP contribution is -2.18. The molecule has 2 unspecified atom stereocenters. The second-order valence-corrected chi connectivity index (χ2v) is 5.28. The van der Waals surface area contributed by atoms with E-state index >= 15 is 0 Å². The maximum absolute atomic E-state index is 5.77. The molecule has 0 saturated carbocycles. The van der Waals surface area contributed by atoms with E-state index in [1.807, 2.05) is 12.1 Å². The molecule has 0 aliphatic carbocycles. The van der Waals surface area contributed by atoms with Gasteiger partial charge in [0.05, 0.1) is 12.2 Å². The van der Waals surface area contributed by atoms with E-state index in [1.54, 1.807) is 0 Å². The Kier molecular flexibility index (Phi) is 5.67. The molecule has 1 aromatic carbocycles. The molecule has 1 heterocycles. The van der Waals surface area contributed by atoms with Gasteiger partial charge in [0.1, 0.15) is 12.4 Å². The van der Waals surface area contributed by atoms with Crippen molar-refractivity contribution in [3.8, 4) is 5.75 Å². The van der Waals surface area contributed by atoms with Crippen molar-refractivity contribution in [2.24, 2.45) is 0 Å². The van der Waals surface area contributed by atoms with E-state index in [0.717, 1.165) is 31.7 Å². The molecule has 19 heavy (non-hydrogen) atoms. The first-order chi connectivity index (χ1) is 9.28. The number of hydrogen-bond acceptors (Lipinski definition) is 3. The third kappa shape index (κ3) is 4.84. The summed E-state index contributed by atoms with van der Waals surface area (Å²) < 4.78 is 11.5. The van der Waals surface area contributed by atoms with Crippen molar-refractivity contribution in [3.05, 3.63) is 29.8 Å². The molecule has 1 N–H and O–H groups in total. The number of rotatable bonds is 7. The predicted molar refractivity (Wildman–Crippen MR) is 77.5 cm³/mol. The molecule has 1 aliphatic heterocycles. The van der Waals surface area contributed by atoms with Gasteiger partial charge in [0, 0.05) is 6.54 Å². The molecule has 2 rings (SSSR count). The first-order valence-corrected chi connectivity index (χ1v) is 7.36. The lowest BCUT2D eigenvalue weighted by Gasteiger charge is -2.13. The summed E-state index contributed by atoms with van der Waals surface area (Å²) in [5.74, 6) is 0.933. The Morgan fingerprint density at radius 1 is 1.26 bits per heavy atom. The minimum absolute atomic E-state index is 0.265. The summed E-state index contributed by atoms with van der Waals surface area (Å²) in [5.41, 5.74) is 1.30. The van der Waals surface area contributed by atoms with Crippen molar-refractivity contribution in [2.75, 3.05) is 13.2 Å². The standard InChI is InChI=1S/C16H25NO2/c1-3-10-17-11-14-5-8-15(9-6-14)18-12-16-7-4-13(2)19-16/h5-6,8-9,13,16-17H,3-4,7,10-12H2,1-2H3.